The molecule has 0 heterocycles. The van der Waals surface area contributed by atoms with Crippen LogP contribution in [0.5, 0.6) is 5.75 Å². The highest BCUT2D eigenvalue weighted by Crippen LogP contribution is 2.28. The minimum Gasteiger partial charge on any atom is -0.293 e. The SMILES string of the molecule is CC(C)(C)C(=O)c1ccccc1O[PH+]=O. The summed E-state index contributed by atoms with van der Waals surface area (Å²) in [6.45, 7) is 5.52. The molecule has 15 heavy (non-hydrogen) atoms. The highest BCUT2D eigenvalue weighted by molar-refractivity contribution is 7.17. The lowest BCUT2D eigenvalue weighted by atomic mass is 9.86. The van der Waals surface area contributed by atoms with Crippen molar-refractivity contribution in [2.75, 3.05) is 0 Å². The van der Waals surface area contributed by atoms with Gasteiger partial charge in [-0.1, -0.05) is 32.9 Å². The van der Waals surface area contributed by atoms with Gasteiger partial charge in [-0.25, -0.2) is 0 Å². The van der Waals surface area contributed by atoms with Crippen LogP contribution in [0.3, 0.4) is 0 Å². The molecule has 1 aromatic rings. The van der Waals surface area contributed by atoms with Crippen LogP contribution in [-0.2, 0) is 4.57 Å². The van der Waals surface area contributed by atoms with E-state index in [1.54, 1.807) is 24.3 Å². The minimum atomic E-state index is -0.894. The molecule has 0 aliphatic carbocycles. The van der Waals surface area contributed by atoms with Gasteiger partial charge in [-0.15, -0.1) is 0 Å². The lowest BCUT2D eigenvalue weighted by Gasteiger charge is -2.16. The van der Waals surface area contributed by atoms with E-state index < -0.39 is 14.1 Å². The molecule has 0 radical (unpaired) electrons. The molecule has 0 saturated carbocycles. The molecule has 1 unspecified atom stereocenters. The van der Waals surface area contributed by atoms with Crippen molar-refractivity contribution >= 4 is 14.5 Å². The first kappa shape index (κ1) is 11.9. The molecule has 1 atom stereocenters. The summed E-state index contributed by atoms with van der Waals surface area (Å²) < 4.78 is 15.3. The molecule has 0 N–H and O–H groups in total. The summed E-state index contributed by atoms with van der Waals surface area (Å²) in [5.74, 6) is 0.363. The minimum absolute atomic E-state index is 0.0173. The lowest BCUT2D eigenvalue weighted by molar-refractivity contribution is 0.0856. The van der Waals surface area contributed by atoms with Gasteiger partial charge in [0.25, 0.3) is 0 Å². The number of Topliss-reactive ketones (excluding diaryl/α,β-unsaturated/α-hetero) is 1. The first-order valence-electron chi connectivity index (χ1n) is 4.64. The lowest BCUT2D eigenvalue weighted by Crippen LogP contribution is -2.20. The zero-order chi connectivity index (χ0) is 11.5. The summed E-state index contributed by atoms with van der Waals surface area (Å²) in [5, 5.41) is 0. The Kier molecular flexibility index (Phi) is 3.59. The third-order valence-corrected chi connectivity index (χ3v) is 2.27. The average Bonchev–Trinajstić information content (AvgIpc) is 2.17. The molecule has 0 bridgehead atoms. The predicted molar refractivity (Wildman–Crippen MR) is 59.9 cm³/mol. The van der Waals surface area contributed by atoms with Gasteiger partial charge in [-0.2, -0.15) is 0 Å². The van der Waals surface area contributed by atoms with Gasteiger partial charge in [0.15, 0.2) is 11.5 Å². The Morgan fingerprint density at radius 3 is 2.40 bits per heavy atom. The molecule has 80 valence electrons. The summed E-state index contributed by atoms with van der Waals surface area (Å²) in [7, 11) is -0.894. The molecule has 0 aliphatic heterocycles. The van der Waals surface area contributed by atoms with E-state index in [9.17, 15) is 9.36 Å². The second kappa shape index (κ2) is 4.54. The van der Waals surface area contributed by atoms with Crippen LogP contribution in [0, 0.1) is 5.41 Å². The summed E-state index contributed by atoms with van der Waals surface area (Å²) >= 11 is 0. The van der Waals surface area contributed by atoms with Crippen LogP contribution in [0.1, 0.15) is 31.1 Å². The van der Waals surface area contributed by atoms with Crippen molar-refractivity contribution in [2.24, 2.45) is 5.41 Å². The number of carbonyl (C=O) groups excluding carboxylic acids is 1. The highest BCUT2D eigenvalue weighted by Gasteiger charge is 2.26. The van der Waals surface area contributed by atoms with Crippen LogP contribution in [0.2, 0.25) is 0 Å². The number of hydrogen-bond acceptors (Lipinski definition) is 3. The average molecular weight is 225 g/mol. The van der Waals surface area contributed by atoms with Gasteiger partial charge in [0.05, 0.1) is 5.56 Å². The Bertz CT molecular complexity index is 380. The third-order valence-electron chi connectivity index (χ3n) is 1.96. The van der Waals surface area contributed by atoms with Crippen molar-refractivity contribution in [3.8, 4) is 5.75 Å². The zero-order valence-corrected chi connectivity index (χ0v) is 10.0. The molecule has 0 aromatic heterocycles. The van der Waals surface area contributed by atoms with Crippen molar-refractivity contribution in [1.82, 2.24) is 0 Å². The smallest absolute Gasteiger partial charge is 0.293 e. The molecule has 0 spiro atoms. The quantitative estimate of drug-likeness (QED) is 0.585. The van der Waals surface area contributed by atoms with Crippen LogP contribution in [0.25, 0.3) is 0 Å². The maximum absolute atomic E-state index is 12.0. The number of para-hydroxylation sites is 1. The predicted octanol–water partition coefficient (Wildman–Crippen LogP) is 3.23. The molecule has 3 nitrogen and oxygen atoms in total. The fourth-order valence-electron chi connectivity index (χ4n) is 1.19. The fourth-order valence-corrected chi connectivity index (χ4v) is 1.46. The van der Waals surface area contributed by atoms with E-state index in [0.717, 1.165) is 0 Å². The molecular formula is C11H14O3P+. The van der Waals surface area contributed by atoms with E-state index >= 15 is 0 Å². The summed E-state index contributed by atoms with van der Waals surface area (Å²) in [6, 6.07) is 6.83. The molecule has 1 rings (SSSR count). The van der Waals surface area contributed by atoms with Crippen molar-refractivity contribution in [1.29, 1.82) is 0 Å². The van der Waals surface area contributed by atoms with Crippen LogP contribution in [-0.4, -0.2) is 5.78 Å². The molecule has 0 amide bonds. The normalized spacial score (nSPS) is 11.4. The Morgan fingerprint density at radius 1 is 1.27 bits per heavy atom. The summed E-state index contributed by atoms with van der Waals surface area (Å²) in [5.41, 5.74) is 0.0131. The van der Waals surface area contributed by atoms with Crippen LogP contribution in [0.15, 0.2) is 24.3 Å². The molecule has 4 heteroatoms. The second-order valence-electron chi connectivity index (χ2n) is 4.26. The molecule has 0 aliphatic rings. The topological polar surface area (TPSA) is 43.4 Å². The van der Waals surface area contributed by atoms with Crippen molar-refractivity contribution < 1.29 is 13.9 Å². The first-order valence-corrected chi connectivity index (χ1v) is 5.46. The van der Waals surface area contributed by atoms with Gasteiger partial charge in [-0.05, 0) is 16.7 Å². The van der Waals surface area contributed by atoms with Gasteiger partial charge in [-0.3, -0.25) is 9.32 Å². The first-order chi connectivity index (χ1) is 6.96. The van der Waals surface area contributed by atoms with E-state index in [-0.39, 0.29) is 5.78 Å². The number of carbonyl (C=O) groups is 1. The van der Waals surface area contributed by atoms with E-state index in [0.29, 0.717) is 11.3 Å². The number of rotatable bonds is 3. The van der Waals surface area contributed by atoms with Gasteiger partial charge >= 0.3 is 8.69 Å². The maximum Gasteiger partial charge on any atom is 0.542 e. The highest BCUT2D eigenvalue weighted by atomic mass is 31.1. The third kappa shape index (κ3) is 2.87. The Labute approximate surface area is 90.7 Å². The van der Waals surface area contributed by atoms with E-state index in [1.165, 1.54) is 0 Å². The zero-order valence-electron chi connectivity index (χ0n) is 9.03. The summed E-state index contributed by atoms with van der Waals surface area (Å²) in [6.07, 6.45) is 0. The van der Waals surface area contributed by atoms with Crippen molar-refractivity contribution in [3.63, 3.8) is 0 Å². The van der Waals surface area contributed by atoms with Crippen LogP contribution < -0.4 is 4.52 Å². The fraction of sp³-hybridized carbons (Fsp3) is 0.364. The van der Waals surface area contributed by atoms with Crippen molar-refractivity contribution in [3.05, 3.63) is 29.8 Å². The van der Waals surface area contributed by atoms with Gasteiger partial charge < -0.3 is 0 Å². The molecule has 0 saturated heterocycles. The van der Waals surface area contributed by atoms with E-state index in [1.807, 2.05) is 20.8 Å². The van der Waals surface area contributed by atoms with Crippen molar-refractivity contribution in [2.45, 2.75) is 20.8 Å². The Balaban J connectivity index is 3.13. The Morgan fingerprint density at radius 2 is 1.87 bits per heavy atom. The molecule has 0 fully saturated rings. The summed E-state index contributed by atoms with van der Waals surface area (Å²) in [4.78, 5) is 12.0. The standard InChI is InChI=1S/C11H14O3P/c1-11(2,3)10(12)8-6-4-5-7-9(8)14-15-13/h4-7,15H,1-3H3/q+1. The largest absolute Gasteiger partial charge is 0.542 e. The Hall–Kier alpha value is -1.21. The van der Waals surface area contributed by atoms with Crippen LogP contribution in [0.4, 0.5) is 0 Å². The van der Waals surface area contributed by atoms with Crippen LogP contribution >= 0.6 is 8.69 Å². The molecular weight excluding hydrogens is 211 g/mol. The second-order valence-corrected chi connectivity index (χ2v) is 4.63. The monoisotopic (exact) mass is 225 g/mol. The van der Waals surface area contributed by atoms with Gasteiger partial charge in [0, 0.05) is 5.41 Å². The number of hydrogen-bond donors (Lipinski definition) is 0. The van der Waals surface area contributed by atoms with Gasteiger partial charge in [0.2, 0.25) is 0 Å². The van der Waals surface area contributed by atoms with Gasteiger partial charge in [0.1, 0.15) is 0 Å². The number of ketones is 1. The molecule has 1 aromatic carbocycles. The number of benzene rings is 1. The van der Waals surface area contributed by atoms with E-state index in [4.69, 9.17) is 4.52 Å². The maximum atomic E-state index is 12.0. The van der Waals surface area contributed by atoms with E-state index in [2.05, 4.69) is 0 Å².